The van der Waals surface area contributed by atoms with E-state index < -0.39 is 0 Å². The van der Waals surface area contributed by atoms with Crippen molar-refractivity contribution >= 4 is 11.6 Å². The average molecular weight is 410 g/mol. The highest BCUT2D eigenvalue weighted by atomic mass is 16.6. The fourth-order valence-electron chi connectivity index (χ4n) is 2.87. The lowest BCUT2D eigenvalue weighted by molar-refractivity contribution is 0.0223. The number of para-hydroxylation sites is 1. The van der Waals surface area contributed by atoms with Gasteiger partial charge in [-0.2, -0.15) is 0 Å². The summed E-state index contributed by atoms with van der Waals surface area (Å²) >= 11 is 0. The van der Waals surface area contributed by atoms with Gasteiger partial charge in [-0.05, 0) is 30.3 Å². The summed E-state index contributed by atoms with van der Waals surface area (Å²) in [5.74, 6) is 1.33. The van der Waals surface area contributed by atoms with E-state index in [1.807, 2.05) is 30.3 Å². The van der Waals surface area contributed by atoms with E-state index in [0.29, 0.717) is 56.7 Å². The third-order valence-corrected chi connectivity index (χ3v) is 4.29. The van der Waals surface area contributed by atoms with Crippen molar-refractivity contribution in [1.29, 1.82) is 0 Å². The first-order valence-corrected chi connectivity index (χ1v) is 9.64. The molecule has 0 aliphatic carbocycles. The van der Waals surface area contributed by atoms with Gasteiger partial charge in [0.25, 0.3) is 5.56 Å². The Morgan fingerprint density at radius 3 is 2.23 bits per heavy atom. The van der Waals surface area contributed by atoms with Gasteiger partial charge in [-0.1, -0.05) is 18.2 Å². The molecule has 30 heavy (non-hydrogen) atoms. The van der Waals surface area contributed by atoms with Crippen LogP contribution < -0.4 is 20.3 Å². The molecule has 2 heterocycles. The first-order chi connectivity index (χ1) is 14.8. The van der Waals surface area contributed by atoms with Crippen LogP contribution in [-0.2, 0) is 9.47 Å². The molecule has 0 saturated heterocycles. The first-order valence-electron chi connectivity index (χ1n) is 9.64. The van der Waals surface area contributed by atoms with Gasteiger partial charge in [0.2, 0.25) is 5.95 Å². The number of hydrogen-bond acceptors (Lipinski definition) is 8. The summed E-state index contributed by atoms with van der Waals surface area (Å²) in [6.45, 7) is 2.63. The van der Waals surface area contributed by atoms with E-state index >= 15 is 0 Å². The standard InChI is InChI=1S/C21H22N4O5/c26-20-19(24-25-21(23-20)22-16-4-2-1-3-5-16)15-6-7-17-18(14-15)30-13-11-28-9-8-27-10-12-29-17/h1-7,14H,8-13H2,(H2,22,23,25,26). The number of aromatic amines is 1. The predicted molar refractivity (Wildman–Crippen MR) is 110 cm³/mol. The van der Waals surface area contributed by atoms with Crippen LogP contribution in [0.4, 0.5) is 11.6 Å². The maximum Gasteiger partial charge on any atom is 0.279 e. The largest absolute Gasteiger partial charge is 0.487 e. The second-order valence-electron chi connectivity index (χ2n) is 6.43. The van der Waals surface area contributed by atoms with Gasteiger partial charge < -0.3 is 24.3 Å². The van der Waals surface area contributed by atoms with Crippen molar-refractivity contribution in [3.05, 3.63) is 58.9 Å². The quantitative estimate of drug-likeness (QED) is 0.678. The van der Waals surface area contributed by atoms with Gasteiger partial charge in [-0.25, -0.2) is 0 Å². The summed E-state index contributed by atoms with van der Waals surface area (Å²) in [4.78, 5) is 15.3. The molecule has 9 heteroatoms. The summed E-state index contributed by atoms with van der Waals surface area (Å²) < 4.78 is 22.4. The summed E-state index contributed by atoms with van der Waals surface area (Å²) in [5.41, 5.74) is 1.19. The van der Waals surface area contributed by atoms with Crippen LogP contribution in [0.2, 0.25) is 0 Å². The Labute approximate surface area is 173 Å². The minimum Gasteiger partial charge on any atom is -0.487 e. The van der Waals surface area contributed by atoms with Crippen LogP contribution in [0.5, 0.6) is 11.5 Å². The smallest absolute Gasteiger partial charge is 0.279 e. The molecular weight excluding hydrogens is 388 g/mol. The van der Waals surface area contributed by atoms with Gasteiger partial charge in [0.15, 0.2) is 17.2 Å². The van der Waals surface area contributed by atoms with Gasteiger partial charge in [0.05, 0.1) is 26.4 Å². The Kier molecular flexibility index (Phi) is 6.53. The highest BCUT2D eigenvalue weighted by molar-refractivity contribution is 5.63. The Hall–Kier alpha value is -3.43. The molecule has 2 aromatic carbocycles. The summed E-state index contributed by atoms with van der Waals surface area (Å²) in [6.07, 6.45) is 0. The van der Waals surface area contributed by atoms with Crippen LogP contribution in [0.25, 0.3) is 11.3 Å². The van der Waals surface area contributed by atoms with E-state index in [2.05, 4.69) is 20.5 Å². The molecule has 0 saturated carbocycles. The van der Waals surface area contributed by atoms with Crippen LogP contribution in [0.15, 0.2) is 53.3 Å². The summed E-state index contributed by atoms with van der Waals surface area (Å²) in [6, 6.07) is 14.6. The van der Waals surface area contributed by atoms with Crippen molar-refractivity contribution in [2.45, 2.75) is 0 Å². The number of hydrogen-bond donors (Lipinski definition) is 2. The fraction of sp³-hybridized carbons (Fsp3) is 0.286. The number of ether oxygens (including phenoxy) is 4. The lowest BCUT2D eigenvalue weighted by atomic mass is 10.1. The van der Waals surface area contributed by atoms with E-state index in [0.717, 1.165) is 5.69 Å². The lowest BCUT2D eigenvalue weighted by Gasteiger charge is -2.15. The third kappa shape index (κ3) is 5.13. The minimum absolute atomic E-state index is 0.186. The van der Waals surface area contributed by atoms with Gasteiger partial charge in [0.1, 0.15) is 13.2 Å². The number of fused-ring (bicyclic) bond motifs is 1. The highest BCUT2D eigenvalue weighted by Gasteiger charge is 2.13. The van der Waals surface area contributed by atoms with E-state index in [1.165, 1.54) is 0 Å². The van der Waals surface area contributed by atoms with Crippen molar-refractivity contribution in [3.63, 3.8) is 0 Å². The number of aromatic nitrogens is 3. The number of nitrogens with zero attached hydrogens (tertiary/aromatic N) is 2. The van der Waals surface area contributed by atoms with Crippen molar-refractivity contribution in [1.82, 2.24) is 15.2 Å². The summed E-state index contributed by atoms with van der Waals surface area (Å²) in [5, 5.41) is 11.2. The molecular formula is C21H22N4O5. The summed E-state index contributed by atoms with van der Waals surface area (Å²) in [7, 11) is 0. The highest BCUT2D eigenvalue weighted by Crippen LogP contribution is 2.31. The maximum atomic E-state index is 12.6. The second-order valence-corrected chi connectivity index (χ2v) is 6.43. The van der Waals surface area contributed by atoms with E-state index in [4.69, 9.17) is 18.9 Å². The van der Waals surface area contributed by atoms with Crippen LogP contribution >= 0.6 is 0 Å². The SMILES string of the molecule is O=c1[nH]c(Nc2ccccc2)nnc1-c1ccc2c(c1)OCCOCCOCCO2. The van der Waals surface area contributed by atoms with Crippen LogP contribution in [0, 0.1) is 0 Å². The molecule has 156 valence electrons. The molecule has 0 unspecified atom stereocenters. The Morgan fingerprint density at radius 1 is 0.800 bits per heavy atom. The van der Waals surface area contributed by atoms with Crippen molar-refractivity contribution in [2.24, 2.45) is 0 Å². The van der Waals surface area contributed by atoms with E-state index in [9.17, 15) is 4.79 Å². The Balaban J connectivity index is 1.56. The molecule has 0 radical (unpaired) electrons. The van der Waals surface area contributed by atoms with Crippen LogP contribution in [0.1, 0.15) is 0 Å². The van der Waals surface area contributed by atoms with Crippen LogP contribution in [0.3, 0.4) is 0 Å². The van der Waals surface area contributed by atoms with Gasteiger partial charge in [0, 0.05) is 11.3 Å². The van der Waals surface area contributed by atoms with Crippen molar-refractivity contribution in [2.75, 3.05) is 45.0 Å². The molecule has 2 N–H and O–H groups in total. The van der Waals surface area contributed by atoms with E-state index in [1.54, 1.807) is 18.2 Å². The average Bonchev–Trinajstić information content (AvgIpc) is 2.75. The molecule has 9 nitrogen and oxygen atoms in total. The minimum atomic E-state index is -0.366. The second kappa shape index (κ2) is 9.86. The molecule has 0 atom stereocenters. The van der Waals surface area contributed by atoms with Gasteiger partial charge >= 0.3 is 0 Å². The molecule has 0 fully saturated rings. The zero-order valence-electron chi connectivity index (χ0n) is 16.3. The molecule has 0 spiro atoms. The molecule has 3 aromatic rings. The normalized spacial score (nSPS) is 14.9. The number of anilines is 2. The number of rotatable bonds is 3. The lowest BCUT2D eigenvalue weighted by Crippen LogP contribution is -2.17. The monoisotopic (exact) mass is 410 g/mol. The molecule has 1 aromatic heterocycles. The Bertz CT molecular complexity index is 1030. The zero-order valence-corrected chi connectivity index (χ0v) is 16.3. The maximum absolute atomic E-state index is 12.6. The molecule has 0 amide bonds. The molecule has 0 bridgehead atoms. The van der Waals surface area contributed by atoms with Crippen molar-refractivity contribution < 1.29 is 18.9 Å². The number of nitrogens with one attached hydrogen (secondary N) is 2. The molecule has 4 rings (SSSR count). The topological polar surface area (TPSA) is 108 Å². The molecule has 1 aliphatic heterocycles. The van der Waals surface area contributed by atoms with Crippen molar-refractivity contribution in [3.8, 4) is 22.8 Å². The van der Waals surface area contributed by atoms with Gasteiger partial charge in [-0.3, -0.25) is 9.78 Å². The predicted octanol–water partition coefficient (Wildman–Crippen LogP) is 2.38. The number of benzene rings is 2. The Morgan fingerprint density at radius 2 is 1.50 bits per heavy atom. The number of H-pyrrole nitrogens is 1. The fourth-order valence-corrected chi connectivity index (χ4v) is 2.87. The van der Waals surface area contributed by atoms with E-state index in [-0.39, 0.29) is 17.2 Å². The molecule has 1 aliphatic rings. The van der Waals surface area contributed by atoms with Gasteiger partial charge in [-0.15, -0.1) is 10.2 Å². The third-order valence-electron chi connectivity index (χ3n) is 4.29. The van der Waals surface area contributed by atoms with Crippen LogP contribution in [-0.4, -0.2) is 54.8 Å². The zero-order chi connectivity index (χ0) is 20.6. The first kappa shape index (κ1) is 19.9.